The van der Waals surface area contributed by atoms with Gasteiger partial charge in [0.05, 0.1) is 0 Å². The molecule has 34 heavy (non-hydrogen) atoms. The number of likely N-dealkylation sites (tertiary alicyclic amines) is 1. The fourth-order valence-electron chi connectivity index (χ4n) is 5.70. The van der Waals surface area contributed by atoms with E-state index in [1.165, 1.54) is 11.1 Å². The third kappa shape index (κ3) is 4.42. The van der Waals surface area contributed by atoms with Crippen molar-refractivity contribution in [3.63, 3.8) is 0 Å². The van der Waals surface area contributed by atoms with Crippen LogP contribution in [0.3, 0.4) is 0 Å². The second-order valence-corrected chi connectivity index (χ2v) is 9.89. The average molecular weight is 455 g/mol. The van der Waals surface area contributed by atoms with Crippen molar-refractivity contribution in [3.8, 4) is 5.75 Å². The number of benzene rings is 2. The standard InChI is InChI=1S/C30H34N2O2/c1-22(31-21-24-12-8-9-15-28(24)33)30(25-13-6-3-7-14-25)16-18-32(19-17-30)29(34)27-20-26(27)23-10-4-2-5-11-23/h2-4,6-10,12-15,26-27,31,33H,1,5,11,16-21H2. The van der Waals surface area contributed by atoms with E-state index in [1.807, 2.05) is 24.3 Å². The molecule has 0 radical (unpaired) electrons. The number of allylic oxidation sites excluding steroid dienone is 5. The quantitative estimate of drug-likeness (QED) is 0.583. The molecule has 2 aromatic rings. The first-order chi connectivity index (χ1) is 16.6. The summed E-state index contributed by atoms with van der Waals surface area (Å²) in [6.07, 6.45) is 11.5. The van der Waals surface area contributed by atoms with Crippen LogP contribution in [-0.2, 0) is 16.8 Å². The molecule has 3 aliphatic rings. The van der Waals surface area contributed by atoms with Gasteiger partial charge in [0.1, 0.15) is 5.75 Å². The Morgan fingerprint density at radius 3 is 2.53 bits per heavy atom. The van der Waals surface area contributed by atoms with Crippen molar-refractivity contribution in [1.82, 2.24) is 10.2 Å². The molecule has 1 amide bonds. The molecule has 1 aliphatic heterocycles. The molecule has 2 fully saturated rings. The number of nitrogens with zero attached hydrogens (tertiary/aromatic N) is 1. The minimum Gasteiger partial charge on any atom is -0.508 e. The molecular weight excluding hydrogens is 420 g/mol. The van der Waals surface area contributed by atoms with Gasteiger partial charge in [0.15, 0.2) is 0 Å². The van der Waals surface area contributed by atoms with Crippen molar-refractivity contribution in [2.24, 2.45) is 11.8 Å². The second-order valence-electron chi connectivity index (χ2n) is 9.89. The number of aromatic hydroxyl groups is 1. The maximum absolute atomic E-state index is 13.3. The van der Waals surface area contributed by atoms with Gasteiger partial charge in [0.25, 0.3) is 0 Å². The first-order valence-corrected chi connectivity index (χ1v) is 12.5. The molecule has 2 aliphatic carbocycles. The summed E-state index contributed by atoms with van der Waals surface area (Å²) in [5.74, 6) is 1.24. The summed E-state index contributed by atoms with van der Waals surface area (Å²) in [6, 6.07) is 17.9. The Kier molecular flexibility index (Phi) is 6.32. The molecule has 2 N–H and O–H groups in total. The largest absolute Gasteiger partial charge is 0.508 e. The fourth-order valence-corrected chi connectivity index (χ4v) is 5.70. The number of rotatable bonds is 7. The van der Waals surface area contributed by atoms with Crippen LogP contribution in [0.4, 0.5) is 0 Å². The molecule has 4 heteroatoms. The monoisotopic (exact) mass is 454 g/mol. The fraction of sp³-hybridized carbons (Fsp3) is 0.367. The summed E-state index contributed by atoms with van der Waals surface area (Å²) in [6.45, 7) is 6.46. The van der Waals surface area contributed by atoms with Gasteiger partial charge in [-0.3, -0.25) is 4.79 Å². The van der Waals surface area contributed by atoms with Crippen LogP contribution in [0.2, 0.25) is 0 Å². The van der Waals surface area contributed by atoms with Gasteiger partial charge >= 0.3 is 0 Å². The van der Waals surface area contributed by atoms with E-state index in [0.717, 1.165) is 56.5 Å². The Morgan fingerprint density at radius 1 is 1.09 bits per heavy atom. The molecule has 1 saturated carbocycles. The number of nitrogens with one attached hydrogen (secondary N) is 1. The van der Waals surface area contributed by atoms with Crippen molar-refractivity contribution >= 4 is 5.91 Å². The summed E-state index contributed by atoms with van der Waals surface area (Å²) < 4.78 is 0. The van der Waals surface area contributed by atoms with E-state index in [-0.39, 0.29) is 11.3 Å². The van der Waals surface area contributed by atoms with Crippen molar-refractivity contribution < 1.29 is 9.90 Å². The minimum absolute atomic E-state index is 0.171. The van der Waals surface area contributed by atoms with Gasteiger partial charge in [-0.15, -0.1) is 0 Å². The lowest BCUT2D eigenvalue weighted by molar-refractivity contribution is -0.134. The number of para-hydroxylation sites is 1. The third-order valence-corrected chi connectivity index (χ3v) is 7.95. The van der Waals surface area contributed by atoms with Gasteiger partial charge in [-0.1, -0.05) is 78.9 Å². The number of carbonyl (C=O) groups excluding carboxylic acids is 1. The zero-order chi connectivity index (χ0) is 23.5. The van der Waals surface area contributed by atoms with Gasteiger partial charge in [-0.25, -0.2) is 0 Å². The van der Waals surface area contributed by atoms with Crippen molar-refractivity contribution in [1.29, 1.82) is 0 Å². The van der Waals surface area contributed by atoms with Crippen LogP contribution in [0, 0.1) is 11.8 Å². The van der Waals surface area contributed by atoms with E-state index in [9.17, 15) is 9.90 Å². The van der Waals surface area contributed by atoms with Crippen LogP contribution in [0.1, 0.15) is 43.2 Å². The summed E-state index contributed by atoms with van der Waals surface area (Å²) >= 11 is 0. The Hall–Kier alpha value is -3.27. The van der Waals surface area contributed by atoms with Crippen LogP contribution >= 0.6 is 0 Å². The summed E-state index contributed by atoms with van der Waals surface area (Å²) in [4.78, 5) is 15.4. The molecule has 1 saturated heterocycles. The van der Waals surface area contributed by atoms with Gasteiger partial charge < -0.3 is 15.3 Å². The Balaban J connectivity index is 1.27. The third-order valence-electron chi connectivity index (χ3n) is 7.95. The van der Waals surface area contributed by atoms with Crippen LogP contribution < -0.4 is 5.32 Å². The van der Waals surface area contributed by atoms with Gasteiger partial charge in [0.2, 0.25) is 5.91 Å². The summed E-state index contributed by atoms with van der Waals surface area (Å²) in [7, 11) is 0. The highest BCUT2D eigenvalue weighted by Crippen LogP contribution is 2.48. The molecule has 0 aromatic heterocycles. The van der Waals surface area contributed by atoms with Crippen LogP contribution in [-0.4, -0.2) is 29.0 Å². The molecule has 2 atom stereocenters. The number of hydrogen-bond donors (Lipinski definition) is 2. The highest BCUT2D eigenvalue weighted by atomic mass is 16.3. The lowest BCUT2D eigenvalue weighted by Crippen LogP contribution is -2.48. The predicted molar refractivity (Wildman–Crippen MR) is 136 cm³/mol. The molecular formula is C30H34N2O2. The van der Waals surface area contributed by atoms with E-state index in [4.69, 9.17) is 0 Å². The van der Waals surface area contributed by atoms with Gasteiger partial charge in [-0.05, 0) is 49.7 Å². The zero-order valence-electron chi connectivity index (χ0n) is 19.7. The second kappa shape index (κ2) is 9.54. The lowest BCUT2D eigenvalue weighted by atomic mass is 9.70. The van der Waals surface area contributed by atoms with Gasteiger partial charge in [-0.2, -0.15) is 0 Å². The Morgan fingerprint density at radius 2 is 1.82 bits per heavy atom. The molecule has 1 heterocycles. The van der Waals surface area contributed by atoms with Crippen molar-refractivity contribution in [3.05, 3.63) is 102 Å². The molecule has 5 rings (SSSR count). The van der Waals surface area contributed by atoms with Crippen molar-refractivity contribution in [2.45, 2.75) is 44.1 Å². The molecule has 2 unspecified atom stereocenters. The number of piperidine rings is 1. The molecule has 4 nitrogen and oxygen atoms in total. The van der Waals surface area contributed by atoms with Crippen LogP contribution in [0.25, 0.3) is 0 Å². The topological polar surface area (TPSA) is 52.6 Å². The van der Waals surface area contributed by atoms with Gasteiger partial charge in [0, 0.05) is 42.2 Å². The molecule has 2 aromatic carbocycles. The van der Waals surface area contributed by atoms with E-state index in [0.29, 0.717) is 24.1 Å². The Bertz CT molecular complexity index is 1110. The maximum Gasteiger partial charge on any atom is 0.226 e. The average Bonchev–Trinajstić information content (AvgIpc) is 3.70. The number of hydrogen-bond acceptors (Lipinski definition) is 3. The highest BCUT2D eigenvalue weighted by Gasteiger charge is 2.48. The Labute approximate surface area is 202 Å². The smallest absolute Gasteiger partial charge is 0.226 e. The predicted octanol–water partition coefficient (Wildman–Crippen LogP) is 5.47. The first kappa shape index (κ1) is 22.5. The first-order valence-electron chi connectivity index (χ1n) is 12.5. The zero-order valence-corrected chi connectivity index (χ0v) is 19.7. The molecule has 0 bridgehead atoms. The summed E-state index contributed by atoms with van der Waals surface area (Å²) in [5.41, 5.74) is 4.27. The van der Waals surface area contributed by atoms with E-state index < -0.39 is 0 Å². The normalized spacial score (nSPS) is 23.2. The minimum atomic E-state index is -0.234. The number of carbonyl (C=O) groups is 1. The van der Waals surface area contributed by atoms with E-state index in [2.05, 4.69) is 59.3 Å². The van der Waals surface area contributed by atoms with E-state index >= 15 is 0 Å². The number of phenolic OH excluding ortho intramolecular Hbond substituents is 1. The number of amides is 1. The molecule has 0 spiro atoms. The maximum atomic E-state index is 13.3. The van der Waals surface area contributed by atoms with Crippen LogP contribution in [0.15, 0.2) is 90.7 Å². The van der Waals surface area contributed by atoms with E-state index in [1.54, 1.807) is 6.07 Å². The lowest BCUT2D eigenvalue weighted by Gasteiger charge is -2.44. The van der Waals surface area contributed by atoms with Crippen molar-refractivity contribution in [2.75, 3.05) is 13.1 Å². The number of phenols is 1. The van der Waals surface area contributed by atoms with Crippen LogP contribution in [0.5, 0.6) is 5.75 Å². The highest BCUT2D eigenvalue weighted by molar-refractivity contribution is 5.82. The summed E-state index contributed by atoms with van der Waals surface area (Å²) in [5, 5.41) is 13.7. The SMILES string of the molecule is C=C(NCc1ccccc1O)C1(c2ccccc2)CCN(C(=O)C2CC2C2=CC=CCC2)CC1. The molecule has 176 valence electrons.